The minimum Gasteiger partial charge on any atom is -0.496 e. The molecule has 1 unspecified atom stereocenters. The van der Waals surface area contributed by atoms with Gasteiger partial charge in [0.25, 0.3) is 6.29 Å². The van der Waals surface area contributed by atoms with Crippen LogP contribution in [0.1, 0.15) is 29.2 Å². The number of aliphatic hydroxyl groups excluding tert-OH is 1. The van der Waals surface area contributed by atoms with Crippen LogP contribution in [0.25, 0.3) is 11.0 Å². The van der Waals surface area contributed by atoms with Gasteiger partial charge in [-0.2, -0.15) is 0 Å². The van der Waals surface area contributed by atoms with Crippen LogP contribution in [0.5, 0.6) is 11.5 Å². The molecule has 0 amide bonds. The molecule has 24 heavy (non-hydrogen) atoms. The molecule has 0 spiro atoms. The molecule has 0 radical (unpaired) electrons. The van der Waals surface area contributed by atoms with Crippen molar-refractivity contribution in [3.63, 3.8) is 0 Å². The molecule has 5 rings (SSSR count). The zero-order valence-electron chi connectivity index (χ0n) is 12.7. The Bertz CT molecular complexity index is 973. The normalized spacial score (nSPS) is 29.1. The van der Waals surface area contributed by atoms with Crippen LogP contribution in [0.2, 0.25) is 0 Å². The smallest absolute Gasteiger partial charge is 0.342 e. The Kier molecular flexibility index (Phi) is 2.49. The van der Waals surface area contributed by atoms with Gasteiger partial charge >= 0.3 is 5.63 Å². The lowest BCUT2D eigenvalue weighted by Gasteiger charge is -2.19. The molecule has 0 fully saturated rings. The zero-order chi connectivity index (χ0) is 16.6. The summed E-state index contributed by atoms with van der Waals surface area (Å²) in [5.74, 6) is 0.809. The molecule has 0 saturated heterocycles. The predicted octanol–water partition coefficient (Wildman–Crippen LogP) is 1.23. The first-order valence-electron chi connectivity index (χ1n) is 7.66. The minimum atomic E-state index is -1.53. The number of rotatable bonds is 1. The highest BCUT2D eigenvalue weighted by Crippen LogP contribution is 2.52. The summed E-state index contributed by atoms with van der Waals surface area (Å²) < 4.78 is 21.9. The van der Waals surface area contributed by atoms with Gasteiger partial charge in [-0.1, -0.05) is 0 Å². The minimum absolute atomic E-state index is 0.211. The van der Waals surface area contributed by atoms with Crippen LogP contribution in [0.15, 0.2) is 27.6 Å². The van der Waals surface area contributed by atoms with E-state index in [0.717, 1.165) is 0 Å². The molecular formula is C17H14O7. The van der Waals surface area contributed by atoms with E-state index < -0.39 is 23.6 Å². The van der Waals surface area contributed by atoms with Crippen LogP contribution in [0.3, 0.4) is 0 Å². The zero-order valence-corrected chi connectivity index (χ0v) is 12.7. The SMILES string of the molecule is COc1cc2c(c3oc(=O)c4c(c13)CCC4O)[C@]1(O)C=CO[C@@H]1O2. The lowest BCUT2D eigenvalue weighted by Crippen LogP contribution is -2.33. The maximum Gasteiger partial charge on any atom is 0.342 e. The van der Waals surface area contributed by atoms with E-state index in [1.54, 1.807) is 6.07 Å². The van der Waals surface area contributed by atoms with Crippen LogP contribution >= 0.6 is 0 Å². The molecule has 7 nitrogen and oxygen atoms in total. The maximum atomic E-state index is 12.4. The first-order valence-corrected chi connectivity index (χ1v) is 7.66. The van der Waals surface area contributed by atoms with E-state index in [-0.39, 0.29) is 11.1 Å². The molecule has 2 aromatic rings. The molecule has 1 aromatic carbocycles. The maximum absolute atomic E-state index is 12.4. The Hall–Kier alpha value is -2.51. The Morgan fingerprint density at radius 3 is 3.04 bits per heavy atom. The van der Waals surface area contributed by atoms with Crippen molar-refractivity contribution >= 4 is 11.0 Å². The number of ether oxygens (including phenoxy) is 3. The van der Waals surface area contributed by atoms with Gasteiger partial charge in [-0.25, -0.2) is 4.79 Å². The molecule has 1 aliphatic carbocycles. The summed E-state index contributed by atoms with van der Waals surface area (Å²) in [6.45, 7) is 0. The van der Waals surface area contributed by atoms with Crippen molar-refractivity contribution in [2.75, 3.05) is 7.11 Å². The summed E-state index contributed by atoms with van der Waals surface area (Å²) >= 11 is 0. The fraction of sp³-hybridized carbons (Fsp3) is 0.353. The first-order chi connectivity index (χ1) is 11.5. The Labute approximate surface area is 135 Å². The van der Waals surface area contributed by atoms with E-state index in [4.69, 9.17) is 18.6 Å². The Balaban J connectivity index is 1.95. The van der Waals surface area contributed by atoms with Gasteiger partial charge in [-0.3, -0.25) is 0 Å². The monoisotopic (exact) mass is 330 g/mol. The van der Waals surface area contributed by atoms with Gasteiger partial charge in [0.05, 0.1) is 36.0 Å². The molecule has 124 valence electrons. The van der Waals surface area contributed by atoms with Crippen LogP contribution in [-0.2, 0) is 16.8 Å². The number of methoxy groups -OCH3 is 1. The van der Waals surface area contributed by atoms with E-state index >= 15 is 0 Å². The third-order valence-corrected chi connectivity index (χ3v) is 4.99. The quantitative estimate of drug-likeness (QED) is 0.759. The molecule has 3 heterocycles. The highest BCUT2D eigenvalue weighted by Gasteiger charge is 2.53. The van der Waals surface area contributed by atoms with Crippen molar-refractivity contribution in [3.8, 4) is 11.5 Å². The van der Waals surface area contributed by atoms with Crippen LogP contribution in [0.4, 0.5) is 0 Å². The number of fused-ring (bicyclic) bond motifs is 7. The second kappa shape index (κ2) is 4.31. The van der Waals surface area contributed by atoms with Crippen molar-refractivity contribution < 1.29 is 28.8 Å². The van der Waals surface area contributed by atoms with E-state index in [9.17, 15) is 15.0 Å². The molecule has 0 bridgehead atoms. The lowest BCUT2D eigenvalue weighted by molar-refractivity contribution is -0.109. The molecule has 7 heteroatoms. The molecule has 0 saturated carbocycles. The molecular weight excluding hydrogens is 316 g/mol. The number of aryl methyl sites for hydroxylation is 1. The molecule has 3 atom stereocenters. The summed E-state index contributed by atoms with van der Waals surface area (Å²) in [6.07, 6.45) is 2.04. The summed E-state index contributed by atoms with van der Waals surface area (Å²) in [5.41, 5.74) is -0.611. The predicted molar refractivity (Wildman–Crippen MR) is 80.9 cm³/mol. The van der Waals surface area contributed by atoms with Crippen LogP contribution in [0, 0.1) is 0 Å². The Morgan fingerprint density at radius 2 is 2.25 bits per heavy atom. The largest absolute Gasteiger partial charge is 0.496 e. The lowest BCUT2D eigenvalue weighted by atomic mass is 9.91. The number of hydrogen-bond donors (Lipinski definition) is 2. The van der Waals surface area contributed by atoms with E-state index in [0.29, 0.717) is 40.9 Å². The standard InChI is InChI=1S/C17H14O7/c1-21-9-6-10-13(17(20)4-5-22-16(17)23-10)14-12(9)7-2-3-8(18)11(7)15(19)24-14/h4-6,8,16,18,20H,2-3H2,1H3/t8?,16-,17-/m1/s1. The summed E-state index contributed by atoms with van der Waals surface area (Å²) in [7, 11) is 1.50. The van der Waals surface area contributed by atoms with Crippen molar-refractivity contribution in [2.45, 2.75) is 30.8 Å². The molecule has 2 aliphatic heterocycles. The van der Waals surface area contributed by atoms with Crippen molar-refractivity contribution in [1.82, 2.24) is 0 Å². The number of aliphatic hydroxyl groups is 2. The molecule has 1 aromatic heterocycles. The highest BCUT2D eigenvalue weighted by atomic mass is 16.7. The van der Waals surface area contributed by atoms with E-state index in [1.807, 2.05) is 0 Å². The topological polar surface area (TPSA) is 98.4 Å². The summed E-state index contributed by atoms with van der Waals surface area (Å²) in [6, 6.07) is 1.65. The molecule has 2 N–H and O–H groups in total. The second-order valence-corrected chi connectivity index (χ2v) is 6.21. The van der Waals surface area contributed by atoms with Crippen molar-refractivity contribution in [2.24, 2.45) is 0 Å². The summed E-state index contributed by atoms with van der Waals surface area (Å²) in [4.78, 5) is 12.4. The third kappa shape index (κ3) is 1.46. The van der Waals surface area contributed by atoms with Gasteiger partial charge in [0.15, 0.2) is 11.2 Å². The van der Waals surface area contributed by atoms with E-state index in [1.165, 1.54) is 19.4 Å². The molecule has 3 aliphatic rings. The van der Waals surface area contributed by atoms with Gasteiger partial charge < -0.3 is 28.8 Å². The number of hydrogen-bond acceptors (Lipinski definition) is 7. The van der Waals surface area contributed by atoms with E-state index in [2.05, 4.69) is 0 Å². The first kappa shape index (κ1) is 13.9. The van der Waals surface area contributed by atoms with Gasteiger partial charge in [-0.15, -0.1) is 0 Å². The number of benzene rings is 1. The fourth-order valence-corrected chi connectivity index (χ4v) is 3.89. The van der Waals surface area contributed by atoms with Crippen LogP contribution < -0.4 is 15.1 Å². The third-order valence-electron chi connectivity index (χ3n) is 4.99. The summed E-state index contributed by atoms with van der Waals surface area (Å²) in [5, 5.41) is 21.6. The van der Waals surface area contributed by atoms with Gasteiger partial charge in [0.1, 0.15) is 11.5 Å². The van der Waals surface area contributed by atoms with Crippen LogP contribution in [-0.4, -0.2) is 23.6 Å². The average Bonchev–Trinajstić information content (AvgIpc) is 3.17. The Morgan fingerprint density at radius 1 is 1.42 bits per heavy atom. The van der Waals surface area contributed by atoms with Crippen molar-refractivity contribution in [3.05, 3.63) is 45.5 Å². The average molecular weight is 330 g/mol. The highest BCUT2D eigenvalue weighted by molar-refractivity contribution is 5.94. The van der Waals surface area contributed by atoms with Gasteiger partial charge in [-0.05, 0) is 24.5 Å². The van der Waals surface area contributed by atoms with Gasteiger partial charge in [0.2, 0.25) is 0 Å². The fourth-order valence-electron chi connectivity index (χ4n) is 3.89. The second-order valence-electron chi connectivity index (χ2n) is 6.21. The van der Waals surface area contributed by atoms with Gasteiger partial charge in [0, 0.05) is 6.07 Å². The van der Waals surface area contributed by atoms with Crippen molar-refractivity contribution in [1.29, 1.82) is 0 Å².